The van der Waals surface area contributed by atoms with Gasteiger partial charge in [0.05, 0.1) is 0 Å². The fourth-order valence-corrected chi connectivity index (χ4v) is 2.39. The maximum absolute atomic E-state index is 10.1. The van der Waals surface area contributed by atoms with Crippen LogP contribution in [-0.2, 0) is 9.59 Å². The lowest BCUT2D eigenvalue weighted by Gasteiger charge is -1.98. The van der Waals surface area contributed by atoms with Crippen molar-refractivity contribution >= 4 is 22.7 Å². The predicted molar refractivity (Wildman–Crippen MR) is 111 cm³/mol. The van der Waals surface area contributed by atoms with E-state index in [-0.39, 0.29) is 12.8 Å². The minimum absolute atomic E-state index is 0.245. The van der Waals surface area contributed by atoms with E-state index in [0.717, 1.165) is 38.5 Å². The van der Waals surface area contributed by atoms with Gasteiger partial charge in [0.2, 0.25) is 0 Å². The minimum atomic E-state index is -0.740. The SMILES string of the molecule is CNC.O=C(O)CCCCCCCCC(=O)O.c1ccc2ccccc2c1. The molecule has 0 saturated heterocycles. The van der Waals surface area contributed by atoms with Gasteiger partial charge in [0.15, 0.2) is 0 Å². The smallest absolute Gasteiger partial charge is 0.303 e. The standard InChI is InChI=1S/C10H18O4.C10H8.C2H7N/c11-9(12)7-5-3-1-2-4-6-8-10(13)14;1-2-6-10-8-4-3-7-9(10)5-1;1-3-2/h1-8H2,(H,11,12)(H,13,14);1-8H;3H,1-2H3. The van der Waals surface area contributed by atoms with Gasteiger partial charge in [0.1, 0.15) is 0 Å². The molecule has 0 bridgehead atoms. The highest BCUT2D eigenvalue weighted by molar-refractivity contribution is 5.82. The van der Waals surface area contributed by atoms with E-state index in [2.05, 4.69) is 53.8 Å². The van der Waals surface area contributed by atoms with Crippen LogP contribution in [0.3, 0.4) is 0 Å². The van der Waals surface area contributed by atoms with Crippen molar-refractivity contribution in [1.82, 2.24) is 5.32 Å². The molecule has 27 heavy (non-hydrogen) atoms. The van der Waals surface area contributed by atoms with Crippen molar-refractivity contribution in [1.29, 1.82) is 0 Å². The molecule has 2 aromatic carbocycles. The Labute approximate surface area is 162 Å². The van der Waals surface area contributed by atoms with Crippen LogP contribution < -0.4 is 5.32 Å². The molecule has 0 aromatic heterocycles. The second-order valence-corrected chi connectivity index (χ2v) is 6.26. The molecule has 0 fully saturated rings. The van der Waals surface area contributed by atoms with E-state index in [1.165, 1.54) is 10.8 Å². The number of unbranched alkanes of at least 4 members (excludes halogenated alkanes) is 5. The summed E-state index contributed by atoms with van der Waals surface area (Å²) >= 11 is 0. The highest BCUT2D eigenvalue weighted by atomic mass is 16.4. The van der Waals surface area contributed by atoms with Crippen LogP contribution in [0.15, 0.2) is 48.5 Å². The van der Waals surface area contributed by atoms with Crippen LogP contribution in [-0.4, -0.2) is 36.2 Å². The van der Waals surface area contributed by atoms with Crippen LogP contribution >= 0.6 is 0 Å². The van der Waals surface area contributed by atoms with E-state index in [1.54, 1.807) is 0 Å². The Kier molecular flexibility index (Phi) is 15.5. The lowest BCUT2D eigenvalue weighted by Crippen LogP contribution is -1.94. The third-order valence-electron chi connectivity index (χ3n) is 3.69. The maximum atomic E-state index is 10.1. The quantitative estimate of drug-likeness (QED) is 0.540. The molecule has 0 unspecified atom stereocenters. The topological polar surface area (TPSA) is 86.6 Å². The fourth-order valence-electron chi connectivity index (χ4n) is 2.39. The molecule has 3 N–H and O–H groups in total. The molecule has 150 valence electrons. The van der Waals surface area contributed by atoms with Crippen molar-refractivity contribution in [2.45, 2.75) is 51.4 Å². The number of fused-ring (bicyclic) bond motifs is 1. The lowest BCUT2D eigenvalue weighted by atomic mass is 10.1. The second-order valence-electron chi connectivity index (χ2n) is 6.26. The molecule has 5 heteroatoms. The van der Waals surface area contributed by atoms with Crippen molar-refractivity contribution in [2.24, 2.45) is 0 Å². The van der Waals surface area contributed by atoms with Crippen LogP contribution in [0.4, 0.5) is 0 Å². The van der Waals surface area contributed by atoms with E-state index in [1.807, 2.05) is 14.1 Å². The molecule has 2 rings (SSSR count). The highest BCUT2D eigenvalue weighted by Crippen LogP contribution is 2.11. The first-order chi connectivity index (χ1) is 13.0. The summed E-state index contributed by atoms with van der Waals surface area (Å²) in [6.07, 6.45) is 5.82. The number of aliphatic carboxylic acids is 2. The molecular formula is C22H33NO4. The second kappa shape index (κ2) is 17.0. The molecule has 0 saturated carbocycles. The summed E-state index contributed by atoms with van der Waals surface area (Å²) in [5.41, 5.74) is 0. The zero-order valence-electron chi connectivity index (χ0n) is 16.5. The average molecular weight is 376 g/mol. The number of carboxylic acid groups (broad SMARTS) is 2. The molecule has 0 spiro atoms. The van der Waals surface area contributed by atoms with Crippen molar-refractivity contribution in [3.63, 3.8) is 0 Å². The molecule has 0 atom stereocenters. The largest absolute Gasteiger partial charge is 0.481 e. The summed E-state index contributed by atoms with van der Waals surface area (Å²) in [6, 6.07) is 16.7. The van der Waals surface area contributed by atoms with Crippen LogP contribution in [0.5, 0.6) is 0 Å². The van der Waals surface area contributed by atoms with Crippen LogP contribution in [0.1, 0.15) is 51.4 Å². The molecule has 5 nitrogen and oxygen atoms in total. The van der Waals surface area contributed by atoms with Gasteiger partial charge in [-0.3, -0.25) is 9.59 Å². The first-order valence-electron chi connectivity index (χ1n) is 9.47. The minimum Gasteiger partial charge on any atom is -0.481 e. The van der Waals surface area contributed by atoms with E-state index < -0.39 is 11.9 Å². The van der Waals surface area contributed by atoms with E-state index in [9.17, 15) is 9.59 Å². The third-order valence-corrected chi connectivity index (χ3v) is 3.69. The Balaban J connectivity index is 0.000000450. The summed E-state index contributed by atoms with van der Waals surface area (Å²) < 4.78 is 0. The highest BCUT2D eigenvalue weighted by Gasteiger charge is 1.98. The van der Waals surface area contributed by atoms with Gasteiger partial charge in [0, 0.05) is 12.8 Å². The molecule has 0 aliphatic rings. The molecule has 0 radical (unpaired) electrons. The van der Waals surface area contributed by atoms with Gasteiger partial charge in [0.25, 0.3) is 0 Å². The number of benzene rings is 2. The zero-order chi connectivity index (χ0) is 20.3. The number of rotatable bonds is 9. The molecule has 0 heterocycles. The lowest BCUT2D eigenvalue weighted by molar-refractivity contribution is -0.138. The van der Waals surface area contributed by atoms with Gasteiger partial charge in [-0.25, -0.2) is 0 Å². The number of hydrogen-bond donors (Lipinski definition) is 3. The van der Waals surface area contributed by atoms with Crippen molar-refractivity contribution < 1.29 is 19.8 Å². The van der Waals surface area contributed by atoms with Crippen LogP contribution in [0.2, 0.25) is 0 Å². The van der Waals surface area contributed by atoms with Crippen molar-refractivity contribution in [3.8, 4) is 0 Å². The van der Waals surface area contributed by atoms with E-state index in [0.29, 0.717) is 0 Å². The van der Waals surface area contributed by atoms with Crippen molar-refractivity contribution in [3.05, 3.63) is 48.5 Å². The third kappa shape index (κ3) is 15.6. The van der Waals surface area contributed by atoms with Gasteiger partial charge >= 0.3 is 11.9 Å². The Morgan fingerprint density at radius 1 is 0.667 bits per heavy atom. The molecule has 0 amide bonds. The number of carboxylic acids is 2. The first kappa shape index (κ1) is 24.6. The Morgan fingerprint density at radius 3 is 1.19 bits per heavy atom. The van der Waals surface area contributed by atoms with Gasteiger partial charge in [-0.05, 0) is 37.7 Å². The zero-order valence-corrected chi connectivity index (χ0v) is 16.5. The Hall–Kier alpha value is -2.40. The summed E-state index contributed by atoms with van der Waals surface area (Å²) in [4.78, 5) is 20.3. The van der Waals surface area contributed by atoms with Crippen LogP contribution in [0.25, 0.3) is 10.8 Å². The van der Waals surface area contributed by atoms with Crippen molar-refractivity contribution in [2.75, 3.05) is 14.1 Å². The van der Waals surface area contributed by atoms with E-state index in [4.69, 9.17) is 10.2 Å². The van der Waals surface area contributed by atoms with Crippen LogP contribution in [0, 0.1) is 0 Å². The summed E-state index contributed by atoms with van der Waals surface area (Å²) in [6.45, 7) is 0. The molecule has 0 aliphatic heterocycles. The first-order valence-corrected chi connectivity index (χ1v) is 9.47. The number of nitrogens with one attached hydrogen (secondary N) is 1. The van der Waals surface area contributed by atoms with E-state index >= 15 is 0 Å². The monoisotopic (exact) mass is 375 g/mol. The Morgan fingerprint density at radius 2 is 0.926 bits per heavy atom. The molecule has 2 aromatic rings. The summed E-state index contributed by atoms with van der Waals surface area (Å²) in [5.74, 6) is -1.48. The predicted octanol–water partition coefficient (Wildman–Crippen LogP) is 4.95. The maximum Gasteiger partial charge on any atom is 0.303 e. The average Bonchev–Trinajstić information content (AvgIpc) is 2.65. The van der Waals surface area contributed by atoms with Gasteiger partial charge < -0.3 is 15.5 Å². The van der Waals surface area contributed by atoms with Gasteiger partial charge in [-0.1, -0.05) is 74.2 Å². The Bertz CT molecular complexity index is 558. The fraction of sp³-hybridized carbons (Fsp3) is 0.455. The number of hydrogen-bond acceptors (Lipinski definition) is 3. The normalized spacial score (nSPS) is 9.56. The summed E-state index contributed by atoms with van der Waals surface area (Å²) in [5, 5.41) is 22.1. The summed E-state index contributed by atoms with van der Waals surface area (Å²) in [7, 11) is 3.75. The van der Waals surface area contributed by atoms with Gasteiger partial charge in [-0.15, -0.1) is 0 Å². The molecule has 0 aliphatic carbocycles. The number of carbonyl (C=O) groups is 2. The van der Waals surface area contributed by atoms with Gasteiger partial charge in [-0.2, -0.15) is 0 Å². The molecular weight excluding hydrogens is 342 g/mol.